The van der Waals surface area contributed by atoms with Gasteiger partial charge in [0.25, 0.3) is 0 Å². The Hall–Kier alpha value is 1.63. The molecule has 5 heteroatoms. The molecule has 22 heavy (non-hydrogen) atoms. The van der Waals surface area contributed by atoms with Crippen molar-refractivity contribution in [3.8, 4) is 0 Å². The van der Waals surface area contributed by atoms with Crippen molar-refractivity contribution in [2.45, 2.75) is 94.8 Å². The Labute approximate surface area is 155 Å². The first-order valence-electron chi connectivity index (χ1n) is 9.22. The van der Waals surface area contributed by atoms with Crippen LogP contribution in [0.25, 0.3) is 0 Å². The van der Waals surface area contributed by atoms with Crippen molar-refractivity contribution < 1.29 is 15.9 Å². The molecule has 0 bridgehead atoms. The molecule has 0 unspecified atom stereocenters. The van der Waals surface area contributed by atoms with E-state index in [1.165, 1.54) is 70.9 Å². The maximum absolute atomic E-state index is 4.81. The number of piperidine rings is 1. The van der Waals surface area contributed by atoms with Crippen LogP contribution in [0.3, 0.4) is 0 Å². The summed E-state index contributed by atoms with van der Waals surface area (Å²) in [6.45, 7) is 2.89. The van der Waals surface area contributed by atoms with Crippen LogP contribution in [0.15, 0.2) is 0 Å². The van der Waals surface area contributed by atoms with E-state index >= 15 is 0 Å². The van der Waals surface area contributed by atoms with Gasteiger partial charge in [0.05, 0.1) is 0 Å². The van der Waals surface area contributed by atoms with E-state index in [9.17, 15) is 0 Å². The Morgan fingerprint density at radius 2 is 1.00 bits per heavy atom. The van der Waals surface area contributed by atoms with E-state index in [0.717, 1.165) is 11.3 Å². The molecule has 1 aliphatic heterocycles. The SMILES string of the molecule is C1CCC(P(C2CCCCC2)N2CCCCC2)CC1.[Cl][Pd][Cl]. The monoisotopic (exact) mass is 457 g/mol. The fraction of sp³-hybridized carbons (Fsp3) is 1.00. The van der Waals surface area contributed by atoms with Crippen molar-refractivity contribution in [2.75, 3.05) is 13.1 Å². The molecule has 1 nitrogen and oxygen atoms in total. The first kappa shape index (κ1) is 20.0. The van der Waals surface area contributed by atoms with Crippen LogP contribution in [-0.4, -0.2) is 29.1 Å². The van der Waals surface area contributed by atoms with E-state index in [2.05, 4.69) is 4.67 Å². The maximum atomic E-state index is 4.81. The molecule has 0 aromatic carbocycles. The summed E-state index contributed by atoms with van der Waals surface area (Å²) in [6.07, 6.45) is 19.9. The van der Waals surface area contributed by atoms with Gasteiger partial charge in [0.2, 0.25) is 0 Å². The first-order valence-corrected chi connectivity index (χ1v) is 14.7. The van der Waals surface area contributed by atoms with Crippen LogP contribution < -0.4 is 0 Å². The summed E-state index contributed by atoms with van der Waals surface area (Å²) >= 11 is -0.106. The average molecular weight is 459 g/mol. The molecule has 1 saturated heterocycles. The van der Waals surface area contributed by atoms with Crippen molar-refractivity contribution in [1.29, 1.82) is 0 Å². The topological polar surface area (TPSA) is 3.24 Å². The summed E-state index contributed by atoms with van der Waals surface area (Å²) in [5.74, 6) is 0. The Morgan fingerprint density at radius 1 is 0.636 bits per heavy atom. The number of rotatable bonds is 3. The van der Waals surface area contributed by atoms with Gasteiger partial charge in [0.15, 0.2) is 0 Å². The standard InChI is InChI=1S/C17H32NP.2ClH.Pd/c1-4-10-16(11-5-1)19(17-12-6-2-7-13-17)18-14-8-3-9-15-18;;;/h16-17H,1-15H2;2*1H;/q;;;+2/p-2. The van der Waals surface area contributed by atoms with Gasteiger partial charge in [-0.05, 0) is 57.9 Å². The number of hydrogen-bond acceptors (Lipinski definition) is 1. The minimum absolute atomic E-state index is 0.106. The molecule has 1 heterocycles. The third-order valence-corrected chi connectivity index (χ3v) is 9.14. The molecule has 3 aliphatic rings. The van der Waals surface area contributed by atoms with E-state index < -0.39 is 0 Å². The fourth-order valence-electron chi connectivity index (χ4n) is 4.56. The predicted molar refractivity (Wildman–Crippen MR) is 97.8 cm³/mol. The molecule has 0 aromatic rings. The first-order chi connectivity index (χ1) is 10.9. The van der Waals surface area contributed by atoms with Crippen LogP contribution in [0.1, 0.15) is 83.5 Å². The van der Waals surface area contributed by atoms with Crippen molar-refractivity contribution >= 4 is 27.1 Å². The van der Waals surface area contributed by atoms with E-state index in [4.69, 9.17) is 19.1 Å². The summed E-state index contributed by atoms with van der Waals surface area (Å²) in [5, 5.41) is 0. The molecule has 134 valence electrons. The van der Waals surface area contributed by atoms with Crippen LogP contribution >= 0.6 is 27.1 Å². The number of hydrogen-bond donors (Lipinski definition) is 0. The van der Waals surface area contributed by atoms with Gasteiger partial charge < -0.3 is 0 Å². The van der Waals surface area contributed by atoms with E-state index in [1.54, 1.807) is 25.7 Å². The molecule has 0 atom stereocenters. The summed E-state index contributed by atoms with van der Waals surface area (Å²) in [4.78, 5) is 0. The summed E-state index contributed by atoms with van der Waals surface area (Å²) < 4.78 is 3.00. The van der Waals surface area contributed by atoms with Crippen molar-refractivity contribution in [1.82, 2.24) is 4.67 Å². The van der Waals surface area contributed by atoms with Gasteiger partial charge in [-0.25, -0.2) is 0 Å². The zero-order chi connectivity index (χ0) is 15.6. The van der Waals surface area contributed by atoms with E-state index in [1.807, 2.05) is 0 Å². The van der Waals surface area contributed by atoms with Gasteiger partial charge in [-0.1, -0.05) is 44.9 Å². The van der Waals surface area contributed by atoms with Crippen molar-refractivity contribution in [3.63, 3.8) is 0 Å². The van der Waals surface area contributed by atoms with Crippen LogP contribution in [0.2, 0.25) is 0 Å². The number of nitrogens with zero attached hydrogens (tertiary/aromatic N) is 1. The summed E-state index contributed by atoms with van der Waals surface area (Å²) in [5.41, 5.74) is 2.23. The van der Waals surface area contributed by atoms with Gasteiger partial charge in [-0.2, -0.15) is 0 Å². The normalized spacial score (nSPS) is 26.0. The number of halogens is 2. The Kier molecular flexibility index (Phi) is 10.9. The van der Waals surface area contributed by atoms with Crippen LogP contribution in [0, 0.1) is 0 Å². The molecule has 0 radical (unpaired) electrons. The van der Waals surface area contributed by atoms with Gasteiger partial charge in [0, 0.05) is 13.1 Å². The second-order valence-corrected chi connectivity index (χ2v) is 12.2. The summed E-state index contributed by atoms with van der Waals surface area (Å²) in [7, 11) is 9.85. The third-order valence-electron chi connectivity index (χ3n) is 5.56. The quantitative estimate of drug-likeness (QED) is 0.328. The second-order valence-electron chi connectivity index (χ2n) is 7.02. The van der Waals surface area contributed by atoms with Crippen molar-refractivity contribution in [3.05, 3.63) is 0 Å². The molecule has 0 amide bonds. The molecule has 3 fully saturated rings. The van der Waals surface area contributed by atoms with Crippen LogP contribution in [0.4, 0.5) is 0 Å². The van der Waals surface area contributed by atoms with Crippen molar-refractivity contribution in [2.24, 2.45) is 0 Å². The Balaban J connectivity index is 0.000000545. The Bertz CT molecular complexity index is 235. The van der Waals surface area contributed by atoms with Gasteiger partial charge in [0.1, 0.15) is 0 Å². The molecule has 0 N–H and O–H groups in total. The van der Waals surface area contributed by atoms with E-state index in [-0.39, 0.29) is 24.0 Å². The second kappa shape index (κ2) is 12.1. The zero-order valence-corrected chi connectivity index (χ0v) is 17.7. The fourth-order valence-corrected chi connectivity index (χ4v) is 8.61. The third kappa shape index (κ3) is 6.50. The molecule has 2 saturated carbocycles. The van der Waals surface area contributed by atoms with Gasteiger partial charge in [-0.3, -0.25) is 4.67 Å². The molecule has 0 aromatic heterocycles. The minimum atomic E-state index is -0.106. The molecule has 3 rings (SSSR count). The molecule has 0 spiro atoms. The van der Waals surface area contributed by atoms with E-state index in [0.29, 0.717) is 0 Å². The predicted octanol–water partition coefficient (Wildman–Crippen LogP) is 6.91. The van der Waals surface area contributed by atoms with Gasteiger partial charge >= 0.3 is 35.0 Å². The Morgan fingerprint density at radius 3 is 1.41 bits per heavy atom. The molecular formula is C17H32Cl2NPPd. The summed E-state index contributed by atoms with van der Waals surface area (Å²) in [6, 6.07) is 0. The molecule has 2 aliphatic carbocycles. The van der Waals surface area contributed by atoms with Crippen LogP contribution in [0.5, 0.6) is 0 Å². The van der Waals surface area contributed by atoms with Gasteiger partial charge in [-0.15, -0.1) is 0 Å². The average Bonchev–Trinajstić information content (AvgIpc) is 2.59. The zero-order valence-electron chi connectivity index (χ0n) is 13.7. The van der Waals surface area contributed by atoms with Crippen LogP contribution in [-0.2, 0) is 15.9 Å². The molecular weight excluding hydrogens is 426 g/mol.